The van der Waals surface area contributed by atoms with Crippen LogP contribution in [-0.4, -0.2) is 21.2 Å². The van der Waals surface area contributed by atoms with Crippen LogP contribution in [0, 0.1) is 0 Å². The summed E-state index contributed by atoms with van der Waals surface area (Å²) in [4.78, 5) is 40.7. The fourth-order valence-electron chi connectivity index (χ4n) is 2.87. The number of aromatic nitrogens is 2. The maximum Gasteiger partial charge on any atom is 0.271 e. The van der Waals surface area contributed by atoms with Crippen LogP contribution < -0.4 is 10.9 Å². The molecule has 0 radical (unpaired) electrons. The van der Waals surface area contributed by atoms with E-state index in [1.165, 1.54) is 29.2 Å². The van der Waals surface area contributed by atoms with Crippen LogP contribution in [0.3, 0.4) is 0 Å². The topological polar surface area (TPSA) is 81.1 Å². The normalized spacial score (nSPS) is 11.0. The van der Waals surface area contributed by atoms with E-state index in [0.717, 1.165) is 10.1 Å². The predicted molar refractivity (Wildman–Crippen MR) is 106 cm³/mol. The summed E-state index contributed by atoms with van der Waals surface area (Å²) < 4.78 is 2.83. The van der Waals surface area contributed by atoms with E-state index in [9.17, 15) is 14.4 Å². The van der Waals surface area contributed by atoms with E-state index in [1.807, 2.05) is 24.3 Å². The first-order valence-corrected chi connectivity index (χ1v) is 9.12. The molecule has 2 heterocycles. The molecule has 0 saturated heterocycles. The van der Waals surface area contributed by atoms with Crippen LogP contribution in [0.4, 0.5) is 5.69 Å². The Balaban J connectivity index is 1.58. The first kappa shape index (κ1) is 17.1. The van der Waals surface area contributed by atoms with Crippen molar-refractivity contribution in [2.24, 2.45) is 0 Å². The monoisotopic (exact) mass is 377 g/mol. The van der Waals surface area contributed by atoms with Crippen molar-refractivity contribution in [3.8, 4) is 0 Å². The summed E-state index contributed by atoms with van der Waals surface area (Å²) in [7, 11) is 0. The van der Waals surface area contributed by atoms with Gasteiger partial charge in [-0.3, -0.25) is 19.0 Å². The zero-order valence-corrected chi connectivity index (χ0v) is 15.2. The summed E-state index contributed by atoms with van der Waals surface area (Å²) in [5, 5.41) is 3.67. The van der Waals surface area contributed by atoms with Gasteiger partial charge in [0.2, 0.25) is 5.91 Å². The number of rotatable bonds is 4. The van der Waals surface area contributed by atoms with Crippen LogP contribution in [0.1, 0.15) is 17.3 Å². The minimum absolute atomic E-state index is 0.0397. The van der Waals surface area contributed by atoms with Crippen LogP contribution in [0.5, 0.6) is 0 Å². The first-order valence-electron chi connectivity index (χ1n) is 8.30. The van der Waals surface area contributed by atoms with Crippen molar-refractivity contribution in [2.75, 3.05) is 5.32 Å². The second-order valence-electron chi connectivity index (χ2n) is 6.14. The molecular weight excluding hydrogens is 362 g/mol. The minimum atomic E-state index is -0.338. The lowest BCUT2D eigenvalue weighted by molar-refractivity contribution is -0.116. The average molecular weight is 377 g/mol. The van der Waals surface area contributed by atoms with E-state index >= 15 is 0 Å². The highest BCUT2D eigenvalue weighted by atomic mass is 32.1. The average Bonchev–Trinajstić information content (AvgIpc) is 3.04. The van der Waals surface area contributed by atoms with Gasteiger partial charge in [-0.1, -0.05) is 18.2 Å². The van der Waals surface area contributed by atoms with Gasteiger partial charge in [-0.15, -0.1) is 11.3 Å². The molecule has 0 saturated carbocycles. The number of ketones is 1. The zero-order chi connectivity index (χ0) is 19.0. The third-order valence-electron chi connectivity index (χ3n) is 4.24. The summed E-state index contributed by atoms with van der Waals surface area (Å²) in [5.74, 6) is -0.378. The number of hydrogen-bond acceptors (Lipinski definition) is 5. The van der Waals surface area contributed by atoms with Crippen molar-refractivity contribution in [1.82, 2.24) is 9.55 Å². The maximum atomic E-state index is 12.7. The Morgan fingerprint density at radius 1 is 1.11 bits per heavy atom. The molecule has 0 fully saturated rings. The summed E-state index contributed by atoms with van der Waals surface area (Å²) in [5.41, 5.74) is 1.57. The van der Waals surface area contributed by atoms with E-state index < -0.39 is 0 Å². The molecule has 2 aromatic heterocycles. The SMILES string of the molecule is CC(=O)c1ccc(NC(=O)Cn2cnc3c(sc4ccccc43)c2=O)cc1. The molecule has 0 aliphatic heterocycles. The van der Waals surface area contributed by atoms with Crippen molar-refractivity contribution in [3.05, 3.63) is 70.8 Å². The van der Waals surface area contributed by atoms with Gasteiger partial charge < -0.3 is 5.32 Å². The molecule has 7 heteroatoms. The van der Waals surface area contributed by atoms with Gasteiger partial charge in [0.05, 0.1) is 11.8 Å². The molecule has 2 aromatic carbocycles. The standard InChI is InChI=1S/C20H15N3O3S/c1-12(24)13-6-8-14(9-7-13)22-17(25)10-23-11-21-18-15-4-2-3-5-16(15)27-19(18)20(23)26/h2-9,11H,10H2,1H3,(H,22,25). The van der Waals surface area contributed by atoms with Crippen molar-refractivity contribution < 1.29 is 9.59 Å². The fourth-order valence-corrected chi connectivity index (χ4v) is 3.98. The van der Waals surface area contributed by atoms with E-state index in [1.54, 1.807) is 24.3 Å². The lowest BCUT2D eigenvalue weighted by atomic mass is 10.1. The number of amides is 1. The smallest absolute Gasteiger partial charge is 0.271 e. The quantitative estimate of drug-likeness (QED) is 0.552. The number of carbonyl (C=O) groups is 2. The molecule has 0 atom stereocenters. The third kappa shape index (κ3) is 3.24. The van der Waals surface area contributed by atoms with Crippen molar-refractivity contribution in [3.63, 3.8) is 0 Å². The van der Waals surface area contributed by atoms with Crippen molar-refractivity contribution in [2.45, 2.75) is 13.5 Å². The van der Waals surface area contributed by atoms with E-state index in [-0.39, 0.29) is 23.8 Å². The lowest BCUT2D eigenvalue weighted by Gasteiger charge is -2.07. The van der Waals surface area contributed by atoms with Crippen molar-refractivity contribution in [1.29, 1.82) is 0 Å². The molecule has 4 aromatic rings. The predicted octanol–water partition coefficient (Wildman–Crippen LogP) is 3.45. The number of Topliss-reactive ketones (excluding diaryl/α,β-unsaturated/α-hetero) is 1. The number of carbonyl (C=O) groups excluding carboxylic acids is 2. The Bertz CT molecular complexity index is 1240. The molecular formula is C20H15N3O3S. The Hall–Kier alpha value is -3.32. The van der Waals surface area contributed by atoms with Gasteiger partial charge in [-0.05, 0) is 37.3 Å². The number of fused-ring (bicyclic) bond motifs is 3. The minimum Gasteiger partial charge on any atom is -0.325 e. The van der Waals surface area contributed by atoms with E-state index in [4.69, 9.17) is 0 Å². The molecule has 4 rings (SSSR count). The van der Waals surface area contributed by atoms with Crippen LogP contribution in [0.15, 0.2) is 59.7 Å². The van der Waals surface area contributed by atoms with Crippen LogP contribution in [0.25, 0.3) is 20.3 Å². The van der Waals surface area contributed by atoms with Crippen LogP contribution in [-0.2, 0) is 11.3 Å². The highest BCUT2D eigenvalue weighted by molar-refractivity contribution is 7.25. The number of benzene rings is 2. The number of hydrogen-bond donors (Lipinski definition) is 1. The molecule has 0 aliphatic carbocycles. The number of thiophene rings is 1. The lowest BCUT2D eigenvalue weighted by Crippen LogP contribution is -2.27. The third-order valence-corrected chi connectivity index (χ3v) is 5.39. The Morgan fingerprint density at radius 3 is 2.59 bits per heavy atom. The van der Waals surface area contributed by atoms with Gasteiger partial charge in [0.1, 0.15) is 11.2 Å². The summed E-state index contributed by atoms with van der Waals surface area (Å²) in [6.45, 7) is 1.35. The number of anilines is 1. The molecule has 1 N–H and O–H groups in total. The molecule has 134 valence electrons. The number of nitrogens with zero attached hydrogens (tertiary/aromatic N) is 2. The Kier molecular flexibility index (Phi) is 4.29. The maximum absolute atomic E-state index is 12.7. The van der Waals surface area contributed by atoms with Gasteiger partial charge in [0, 0.05) is 21.3 Å². The van der Waals surface area contributed by atoms with Gasteiger partial charge in [0.25, 0.3) is 5.56 Å². The molecule has 0 bridgehead atoms. The molecule has 6 nitrogen and oxygen atoms in total. The van der Waals surface area contributed by atoms with Gasteiger partial charge in [0.15, 0.2) is 5.78 Å². The molecule has 0 spiro atoms. The Morgan fingerprint density at radius 2 is 1.85 bits per heavy atom. The van der Waals surface area contributed by atoms with Gasteiger partial charge >= 0.3 is 0 Å². The van der Waals surface area contributed by atoms with Crippen LogP contribution in [0.2, 0.25) is 0 Å². The zero-order valence-electron chi connectivity index (χ0n) is 14.4. The molecule has 1 amide bonds. The van der Waals surface area contributed by atoms with Gasteiger partial charge in [-0.2, -0.15) is 0 Å². The molecule has 0 aliphatic rings. The first-order chi connectivity index (χ1) is 13.0. The molecule has 27 heavy (non-hydrogen) atoms. The second kappa shape index (κ2) is 6.77. The van der Waals surface area contributed by atoms with Crippen LogP contribution >= 0.6 is 11.3 Å². The second-order valence-corrected chi connectivity index (χ2v) is 7.19. The van der Waals surface area contributed by atoms with Crippen molar-refractivity contribution >= 4 is 49.0 Å². The largest absolute Gasteiger partial charge is 0.325 e. The summed E-state index contributed by atoms with van der Waals surface area (Å²) >= 11 is 1.38. The van der Waals surface area contributed by atoms with E-state index in [2.05, 4.69) is 10.3 Å². The highest BCUT2D eigenvalue weighted by Gasteiger charge is 2.13. The highest BCUT2D eigenvalue weighted by Crippen LogP contribution is 2.29. The molecule has 0 unspecified atom stereocenters. The van der Waals surface area contributed by atoms with E-state index in [0.29, 0.717) is 21.5 Å². The summed E-state index contributed by atoms with van der Waals surface area (Å²) in [6.07, 6.45) is 1.41. The summed E-state index contributed by atoms with van der Waals surface area (Å²) in [6, 6.07) is 14.3. The van der Waals surface area contributed by atoms with Gasteiger partial charge in [-0.25, -0.2) is 4.98 Å². The Labute approximate surface area is 158 Å². The fraction of sp³-hybridized carbons (Fsp3) is 0.100. The number of nitrogens with one attached hydrogen (secondary N) is 1.